The van der Waals surface area contributed by atoms with Gasteiger partial charge in [0.1, 0.15) is 5.75 Å². The molecule has 0 fully saturated rings. The van der Waals surface area contributed by atoms with Crippen molar-refractivity contribution in [2.24, 2.45) is 0 Å². The van der Waals surface area contributed by atoms with Gasteiger partial charge in [-0.25, -0.2) is 0 Å². The van der Waals surface area contributed by atoms with E-state index in [-0.39, 0.29) is 0 Å². The number of hydrogen-bond donors (Lipinski definition) is 1. The Kier molecular flexibility index (Phi) is 4.35. The van der Waals surface area contributed by atoms with E-state index in [4.69, 9.17) is 16.7 Å². The predicted molar refractivity (Wildman–Crippen MR) is 74.6 cm³/mol. The SMILES string of the molecule is Oc1ccc(CSCc2ccc(Cl)cc2)cc1. The standard InChI is InChI=1S/C14H13ClOS/c15-13-5-1-11(2-6-13)9-17-10-12-3-7-14(16)8-4-12/h1-8,16H,9-10H2. The van der Waals surface area contributed by atoms with Crippen molar-refractivity contribution in [3.8, 4) is 5.75 Å². The molecule has 0 heterocycles. The zero-order valence-corrected chi connectivity index (χ0v) is 10.8. The van der Waals surface area contributed by atoms with E-state index in [1.807, 2.05) is 48.2 Å². The van der Waals surface area contributed by atoms with Gasteiger partial charge in [0.05, 0.1) is 0 Å². The molecular weight excluding hydrogens is 252 g/mol. The normalized spacial score (nSPS) is 10.4. The molecule has 3 heteroatoms. The van der Waals surface area contributed by atoms with E-state index in [9.17, 15) is 0 Å². The van der Waals surface area contributed by atoms with E-state index in [2.05, 4.69) is 0 Å². The summed E-state index contributed by atoms with van der Waals surface area (Å²) in [6.07, 6.45) is 0. The van der Waals surface area contributed by atoms with Gasteiger partial charge in [-0.15, -0.1) is 0 Å². The van der Waals surface area contributed by atoms with Crippen LogP contribution in [0.4, 0.5) is 0 Å². The molecule has 0 aromatic heterocycles. The van der Waals surface area contributed by atoms with Crippen molar-refractivity contribution in [1.29, 1.82) is 0 Å². The Bertz CT molecular complexity index is 419. The third kappa shape index (κ3) is 3.99. The molecule has 2 aromatic carbocycles. The zero-order valence-electron chi connectivity index (χ0n) is 9.27. The lowest BCUT2D eigenvalue weighted by Crippen LogP contribution is -1.83. The van der Waals surface area contributed by atoms with E-state index in [0.29, 0.717) is 5.75 Å². The molecule has 88 valence electrons. The van der Waals surface area contributed by atoms with Crippen molar-refractivity contribution in [2.45, 2.75) is 11.5 Å². The molecule has 2 aromatic rings. The number of aromatic hydroxyl groups is 1. The van der Waals surface area contributed by atoms with Crippen molar-refractivity contribution in [3.05, 3.63) is 64.7 Å². The average molecular weight is 265 g/mol. The topological polar surface area (TPSA) is 20.2 Å². The Morgan fingerprint density at radius 2 is 1.29 bits per heavy atom. The van der Waals surface area contributed by atoms with Crippen molar-refractivity contribution in [3.63, 3.8) is 0 Å². The van der Waals surface area contributed by atoms with Gasteiger partial charge < -0.3 is 5.11 Å². The van der Waals surface area contributed by atoms with Crippen LogP contribution in [0.2, 0.25) is 5.02 Å². The fourth-order valence-electron chi connectivity index (χ4n) is 1.46. The maximum absolute atomic E-state index is 9.17. The first-order valence-corrected chi connectivity index (χ1v) is 6.87. The third-order valence-corrected chi connectivity index (χ3v) is 3.71. The Labute approximate surface area is 110 Å². The molecule has 0 aliphatic rings. The summed E-state index contributed by atoms with van der Waals surface area (Å²) >= 11 is 7.67. The molecule has 0 aliphatic heterocycles. The minimum atomic E-state index is 0.316. The van der Waals surface area contributed by atoms with Crippen LogP contribution in [-0.4, -0.2) is 5.11 Å². The second-order valence-corrected chi connectivity index (χ2v) is 5.21. The maximum atomic E-state index is 9.17. The first-order chi connectivity index (χ1) is 8.24. The lowest BCUT2D eigenvalue weighted by molar-refractivity contribution is 0.475. The molecule has 0 bridgehead atoms. The lowest BCUT2D eigenvalue weighted by Gasteiger charge is -2.03. The van der Waals surface area contributed by atoms with Crippen LogP contribution in [0.3, 0.4) is 0 Å². The molecule has 0 saturated heterocycles. The summed E-state index contributed by atoms with van der Waals surface area (Å²) in [5.74, 6) is 2.23. The van der Waals surface area contributed by atoms with Gasteiger partial charge in [-0.3, -0.25) is 0 Å². The van der Waals surface area contributed by atoms with E-state index >= 15 is 0 Å². The molecule has 0 unspecified atom stereocenters. The minimum absolute atomic E-state index is 0.316. The fourth-order valence-corrected chi connectivity index (χ4v) is 2.54. The first-order valence-electron chi connectivity index (χ1n) is 5.34. The summed E-state index contributed by atoms with van der Waals surface area (Å²) in [6.45, 7) is 0. The molecule has 0 amide bonds. The third-order valence-electron chi connectivity index (χ3n) is 2.39. The van der Waals surface area contributed by atoms with Gasteiger partial charge in [0.15, 0.2) is 0 Å². The predicted octanol–water partition coefficient (Wildman–Crippen LogP) is 4.48. The van der Waals surface area contributed by atoms with Crippen LogP contribution in [0.15, 0.2) is 48.5 Å². The molecule has 2 rings (SSSR count). The van der Waals surface area contributed by atoms with Crippen LogP contribution in [0.1, 0.15) is 11.1 Å². The lowest BCUT2D eigenvalue weighted by atomic mass is 10.2. The van der Waals surface area contributed by atoms with Gasteiger partial charge in [-0.2, -0.15) is 11.8 Å². The van der Waals surface area contributed by atoms with Gasteiger partial charge in [0, 0.05) is 16.5 Å². The van der Waals surface area contributed by atoms with Crippen molar-refractivity contribution < 1.29 is 5.11 Å². The second-order valence-electron chi connectivity index (χ2n) is 3.79. The summed E-state index contributed by atoms with van der Waals surface area (Å²) in [5, 5.41) is 9.94. The molecule has 0 saturated carbocycles. The first kappa shape index (κ1) is 12.3. The highest BCUT2D eigenvalue weighted by Crippen LogP contribution is 2.20. The van der Waals surface area contributed by atoms with Gasteiger partial charge in [-0.1, -0.05) is 35.9 Å². The molecule has 17 heavy (non-hydrogen) atoms. The van der Waals surface area contributed by atoms with Crippen LogP contribution >= 0.6 is 23.4 Å². The highest BCUT2D eigenvalue weighted by Gasteiger charge is 1.96. The van der Waals surface area contributed by atoms with E-state index < -0.39 is 0 Å². The number of hydrogen-bond acceptors (Lipinski definition) is 2. The van der Waals surface area contributed by atoms with Gasteiger partial charge >= 0.3 is 0 Å². The minimum Gasteiger partial charge on any atom is -0.508 e. The van der Waals surface area contributed by atoms with E-state index in [1.165, 1.54) is 11.1 Å². The summed E-state index contributed by atoms with van der Waals surface area (Å²) < 4.78 is 0. The highest BCUT2D eigenvalue weighted by molar-refractivity contribution is 7.97. The Hall–Kier alpha value is -1.12. The van der Waals surface area contributed by atoms with Crippen LogP contribution in [0, 0.1) is 0 Å². The van der Waals surface area contributed by atoms with Crippen molar-refractivity contribution in [2.75, 3.05) is 0 Å². The highest BCUT2D eigenvalue weighted by atomic mass is 35.5. The second kappa shape index (κ2) is 5.99. The fraction of sp³-hybridized carbons (Fsp3) is 0.143. The van der Waals surface area contributed by atoms with E-state index in [0.717, 1.165) is 16.5 Å². The van der Waals surface area contributed by atoms with Crippen LogP contribution in [0.25, 0.3) is 0 Å². The van der Waals surface area contributed by atoms with Gasteiger partial charge in [-0.05, 0) is 35.4 Å². The molecule has 0 aliphatic carbocycles. The maximum Gasteiger partial charge on any atom is 0.115 e. The molecule has 0 radical (unpaired) electrons. The van der Waals surface area contributed by atoms with Gasteiger partial charge in [0.2, 0.25) is 0 Å². The largest absolute Gasteiger partial charge is 0.508 e. The monoisotopic (exact) mass is 264 g/mol. The van der Waals surface area contributed by atoms with Crippen LogP contribution < -0.4 is 0 Å². The summed E-state index contributed by atoms with van der Waals surface area (Å²) in [7, 11) is 0. The quantitative estimate of drug-likeness (QED) is 0.879. The number of rotatable bonds is 4. The molecular formula is C14H13ClOS. The number of benzene rings is 2. The molecule has 0 atom stereocenters. The Morgan fingerprint density at radius 3 is 1.82 bits per heavy atom. The summed E-state index contributed by atoms with van der Waals surface area (Å²) in [4.78, 5) is 0. The number of halogens is 1. The zero-order chi connectivity index (χ0) is 12.1. The molecule has 0 spiro atoms. The molecule has 1 N–H and O–H groups in total. The number of thioether (sulfide) groups is 1. The summed E-state index contributed by atoms with van der Waals surface area (Å²) in [5.41, 5.74) is 2.50. The Balaban J connectivity index is 1.83. The van der Waals surface area contributed by atoms with E-state index in [1.54, 1.807) is 12.1 Å². The van der Waals surface area contributed by atoms with Crippen LogP contribution in [-0.2, 0) is 11.5 Å². The molecule has 1 nitrogen and oxygen atoms in total. The smallest absolute Gasteiger partial charge is 0.115 e. The Morgan fingerprint density at radius 1 is 0.824 bits per heavy atom. The average Bonchev–Trinajstić information content (AvgIpc) is 2.34. The van der Waals surface area contributed by atoms with Crippen molar-refractivity contribution in [1.82, 2.24) is 0 Å². The van der Waals surface area contributed by atoms with Gasteiger partial charge in [0.25, 0.3) is 0 Å². The number of phenols is 1. The summed E-state index contributed by atoms with van der Waals surface area (Å²) in [6, 6.07) is 15.3. The number of phenolic OH excluding ortho intramolecular Hbond substituents is 1. The van der Waals surface area contributed by atoms with Crippen molar-refractivity contribution >= 4 is 23.4 Å². The van der Waals surface area contributed by atoms with Crippen LogP contribution in [0.5, 0.6) is 5.75 Å².